The summed E-state index contributed by atoms with van der Waals surface area (Å²) in [6.07, 6.45) is 1.01. The fourth-order valence-electron chi connectivity index (χ4n) is 1.87. The minimum Gasteiger partial charge on any atom is -0.497 e. The van der Waals surface area contributed by atoms with Gasteiger partial charge in [0.25, 0.3) is 0 Å². The van der Waals surface area contributed by atoms with Crippen molar-refractivity contribution in [1.82, 2.24) is 5.32 Å². The van der Waals surface area contributed by atoms with E-state index >= 15 is 0 Å². The predicted octanol–water partition coefficient (Wildman–Crippen LogP) is 3.14. The molecule has 0 aliphatic rings. The second-order valence-corrected chi connectivity index (χ2v) is 4.04. The first kappa shape index (κ1) is 13.0. The molecule has 0 heterocycles. The molecule has 1 rings (SSSR count). The van der Waals surface area contributed by atoms with Crippen LogP contribution in [-0.4, -0.2) is 14.2 Å². The van der Waals surface area contributed by atoms with Crippen molar-refractivity contribution in [3.63, 3.8) is 0 Å². The lowest BCUT2D eigenvalue weighted by Crippen LogP contribution is -2.24. The Morgan fingerprint density at radius 1 is 1.44 bits per heavy atom. The second-order valence-electron chi connectivity index (χ2n) is 4.04. The van der Waals surface area contributed by atoms with Gasteiger partial charge in [-0.3, -0.25) is 0 Å². The molecular formula is C13H20FNO. The lowest BCUT2D eigenvalue weighted by atomic mass is 9.92. The van der Waals surface area contributed by atoms with Crippen LogP contribution >= 0.6 is 0 Å². The quantitative estimate of drug-likeness (QED) is 0.831. The van der Waals surface area contributed by atoms with E-state index in [0.29, 0.717) is 17.2 Å². The van der Waals surface area contributed by atoms with Crippen molar-refractivity contribution in [2.24, 2.45) is 5.92 Å². The molecule has 0 saturated carbocycles. The molecule has 1 aromatic rings. The zero-order chi connectivity index (χ0) is 12.1. The van der Waals surface area contributed by atoms with Crippen molar-refractivity contribution in [2.45, 2.75) is 26.3 Å². The van der Waals surface area contributed by atoms with Gasteiger partial charge in [0.05, 0.1) is 7.11 Å². The van der Waals surface area contributed by atoms with Crippen molar-refractivity contribution in [3.05, 3.63) is 29.6 Å². The van der Waals surface area contributed by atoms with E-state index in [-0.39, 0.29) is 11.9 Å². The van der Waals surface area contributed by atoms with E-state index in [2.05, 4.69) is 19.2 Å². The van der Waals surface area contributed by atoms with Gasteiger partial charge in [0.15, 0.2) is 0 Å². The van der Waals surface area contributed by atoms with Gasteiger partial charge in [0.1, 0.15) is 11.6 Å². The van der Waals surface area contributed by atoms with E-state index < -0.39 is 0 Å². The second kappa shape index (κ2) is 5.85. The molecule has 0 amide bonds. The molecule has 0 radical (unpaired) electrons. The maximum Gasteiger partial charge on any atom is 0.131 e. The van der Waals surface area contributed by atoms with Gasteiger partial charge < -0.3 is 10.1 Å². The summed E-state index contributed by atoms with van der Waals surface area (Å²) >= 11 is 0. The van der Waals surface area contributed by atoms with Gasteiger partial charge in [-0.2, -0.15) is 0 Å². The lowest BCUT2D eigenvalue weighted by Gasteiger charge is -2.23. The number of benzene rings is 1. The number of hydrogen-bond acceptors (Lipinski definition) is 2. The van der Waals surface area contributed by atoms with Gasteiger partial charge in [-0.05, 0) is 19.0 Å². The number of halogens is 1. The highest BCUT2D eigenvalue weighted by Crippen LogP contribution is 2.28. The largest absolute Gasteiger partial charge is 0.497 e. The molecular weight excluding hydrogens is 205 g/mol. The Morgan fingerprint density at radius 2 is 2.12 bits per heavy atom. The highest BCUT2D eigenvalue weighted by molar-refractivity contribution is 5.31. The summed E-state index contributed by atoms with van der Waals surface area (Å²) in [5.74, 6) is 0.743. The van der Waals surface area contributed by atoms with E-state index in [1.54, 1.807) is 19.2 Å². The molecule has 1 aromatic carbocycles. The zero-order valence-electron chi connectivity index (χ0n) is 10.4. The minimum atomic E-state index is -0.209. The monoisotopic (exact) mass is 225 g/mol. The summed E-state index contributed by atoms with van der Waals surface area (Å²) in [6.45, 7) is 4.22. The van der Waals surface area contributed by atoms with Crippen molar-refractivity contribution in [2.75, 3.05) is 14.2 Å². The SMILES string of the molecule is CCC(C)C(NC)c1ccc(OC)cc1F. The fourth-order valence-corrected chi connectivity index (χ4v) is 1.87. The van der Waals surface area contributed by atoms with Crippen molar-refractivity contribution < 1.29 is 9.13 Å². The van der Waals surface area contributed by atoms with Crippen LogP contribution < -0.4 is 10.1 Å². The maximum absolute atomic E-state index is 13.9. The van der Waals surface area contributed by atoms with E-state index in [1.165, 1.54) is 6.07 Å². The number of hydrogen-bond donors (Lipinski definition) is 1. The highest BCUT2D eigenvalue weighted by Gasteiger charge is 2.19. The highest BCUT2D eigenvalue weighted by atomic mass is 19.1. The summed E-state index contributed by atoms with van der Waals surface area (Å²) in [5, 5.41) is 3.17. The molecule has 0 aliphatic heterocycles. The smallest absolute Gasteiger partial charge is 0.131 e. The molecule has 0 fully saturated rings. The van der Waals surface area contributed by atoms with Crippen LogP contribution in [0.25, 0.3) is 0 Å². The fraction of sp³-hybridized carbons (Fsp3) is 0.538. The van der Waals surface area contributed by atoms with Crippen molar-refractivity contribution in [1.29, 1.82) is 0 Å². The Hall–Kier alpha value is -1.09. The average Bonchev–Trinajstić information content (AvgIpc) is 2.31. The molecule has 2 nitrogen and oxygen atoms in total. The summed E-state index contributed by atoms with van der Waals surface area (Å²) in [5.41, 5.74) is 0.706. The van der Waals surface area contributed by atoms with Crippen LogP contribution in [0.3, 0.4) is 0 Å². The molecule has 16 heavy (non-hydrogen) atoms. The van der Waals surface area contributed by atoms with Crippen LogP contribution in [0.1, 0.15) is 31.9 Å². The number of nitrogens with one attached hydrogen (secondary N) is 1. The Morgan fingerprint density at radius 3 is 2.56 bits per heavy atom. The van der Waals surface area contributed by atoms with E-state index in [0.717, 1.165) is 6.42 Å². The average molecular weight is 225 g/mol. The third kappa shape index (κ3) is 2.73. The van der Waals surface area contributed by atoms with Gasteiger partial charge in [-0.1, -0.05) is 26.3 Å². The molecule has 2 atom stereocenters. The standard InChI is InChI=1S/C13H20FNO/c1-5-9(2)13(15-3)11-7-6-10(16-4)8-12(11)14/h6-9,13,15H,5H2,1-4H3. The Labute approximate surface area is 96.8 Å². The summed E-state index contributed by atoms with van der Waals surface area (Å²) < 4.78 is 18.8. The molecule has 1 N–H and O–H groups in total. The molecule has 90 valence electrons. The topological polar surface area (TPSA) is 21.3 Å². The minimum absolute atomic E-state index is 0.0518. The van der Waals surface area contributed by atoms with Crippen LogP contribution in [0.15, 0.2) is 18.2 Å². The molecule has 0 saturated heterocycles. The Kier molecular flexibility index (Phi) is 4.74. The Bertz CT molecular complexity index is 341. The number of ether oxygens (including phenoxy) is 1. The van der Waals surface area contributed by atoms with E-state index in [9.17, 15) is 4.39 Å². The van der Waals surface area contributed by atoms with Crippen LogP contribution in [0, 0.1) is 11.7 Å². The van der Waals surface area contributed by atoms with Gasteiger partial charge in [0.2, 0.25) is 0 Å². The van der Waals surface area contributed by atoms with Crippen LogP contribution in [0.4, 0.5) is 4.39 Å². The molecule has 0 aromatic heterocycles. The van der Waals surface area contributed by atoms with E-state index in [4.69, 9.17) is 4.74 Å². The van der Waals surface area contributed by atoms with Gasteiger partial charge >= 0.3 is 0 Å². The first-order valence-electron chi connectivity index (χ1n) is 5.64. The maximum atomic E-state index is 13.9. The van der Waals surface area contributed by atoms with Crippen LogP contribution in [0.5, 0.6) is 5.75 Å². The van der Waals surface area contributed by atoms with Crippen LogP contribution in [-0.2, 0) is 0 Å². The third-order valence-electron chi connectivity index (χ3n) is 3.07. The molecule has 0 spiro atoms. The summed E-state index contributed by atoms with van der Waals surface area (Å²) in [6, 6.07) is 5.07. The summed E-state index contributed by atoms with van der Waals surface area (Å²) in [4.78, 5) is 0. The van der Waals surface area contributed by atoms with Crippen molar-refractivity contribution in [3.8, 4) is 5.75 Å². The Balaban J connectivity index is 3.01. The van der Waals surface area contributed by atoms with Gasteiger partial charge in [0, 0.05) is 17.7 Å². The lowest BCUT2D eigenvalue weighted by molar-refractivity contribution is 0.381. The number of methoxy groups -OCH3 is 1. The summed E-state index contributed by atoms with van der Waals surface area (Å²) in [7, 11) is 3.40. The molecule has 0 bridgehead atoms. The first-order chi connectivity index (χ1) is 7.63. The zero-order valence-corrected chi connectivity index (χ0v) is 10.4. The number of rotatable bonds is 5. The van der Waals surface area contributed by atoms with Crippen molar-refractivity contribution >= 4 is 0 Å². The first-order valence-corrected chi connectivity index (χ1v) is 5.64. The van der Waals surface area contributed by atoms with Gasteiger partial charge in [-0.15, -0.1) is 0 Å². The van der Waals surface area contributed by atoms with Gasteiger partial charge in [-0.25, -0.2) is 4.39 Å². The molecule has 3 heteroatoms. The predicted molar refractivity (Wildman–Crippen MR) is 64.2 cm³/mol. The third-order valence-corrected chi connectivity index (χ3v) is 3.07. The molecule has 2 unspecified atom stereocenters. The normalized spacial score (nSPS) is 14.6. The van der Waals surface area contributed by atoms with E-state index in [1.807, 2.05) is 7.05 Å². The molecule has 0 aliphatic carbocycles. The van der Waals surface area contributed by atoms with Crippen LogP contribution in [0.2, 0.25) is 0 Å².